The van der Waals surface area contributed by atoms with Gasteiger partial charge in [0.2, 0.25) is 0 Å². The highest BCUT2D eigenvalue weighted by molar-refractivity contribution is 5.62. The Kier molecular flexibility index (Phi) is 3.81. The van der Waals surface area contributed by atoms with Gasteiger partial charge in [0.15, 0.2) is 0 Å². The third kappa shape index (κ3) is 2.47. The van der Waals surface area contributed by atoms with E-state index in [9.17, 15) is 9.90 Å². The molecular weight excluding hydrogens is 316 g/mol. The van der Waals surface area contributed by atoms with E-state index in [1.54, 1.807) is 5.57 Å². The maximum absolute atomic E-state index is 11.4. The van der Waals surface area contributed by atoms with Gasteiger partial charge < -0.3 is 14.6 Å². The van der Waals surface area contributed by atoms with E-state index in [0.29, 0.717) is 18.4 Å². The van der Waals surface area contributed by atoms with Gasteiger partial charge in [-0.3, -0.25) is 0 Å². The quantitative estimate of drug-likeness (QED) is 0.561. The highest BCUT2D eigenvalue weighted by atomic mass is 16.8. The number of ether oxygens (including phenoxy) is 2. The van der Waals surface area contributed by atoms with Gasteiger partial charge in [-0.15, -0.1) is 0 Å². The molecule has 0 spiro atoms. The predicted molar refractivity (Wildman–Crippen MR) is 95.0 cm³/mol. The smallest absolute Gasteiger partial charge is 0.430 e. The van der Waals surface area contributed by atoms with Crippen molar-refractivity contribution >= 4 is 6.16 Å². The molecule has 3 aliphatic carbocycles. The van der Waals surface area contributed by atoms with Crippen molar-refractivity contribution in [1.82, 2.24) is 0 Å². The molecule has 1 heterocycles. The molecule has 0 aromatic heterocycles. The summed E-state index contributed by atoms with van der Waals surface area (Å²) in [5.41, 5.74) is 1.72. The Morgan fingerprint density at radius 1 is 1.12 bits per heavy atom. The summed E-state index contributed by atoms with van der Waals surface area (Å²) in [6, 6.07) is 0. The summed E-state index contributed by atoms with van der Waals surface area (Å²) in [6.07, 6.45) is 8.04. The zero-order valence-corrected chi connectivity index (χ0v) is 16.0. The SMILES string of the molecule is CC1(C2COC(=O)O2)C=C2CCC3C(C)(C)C(O)CCC3(C)C2CC1. The topological polar surface area (TPSA) is 55.8 Å². The van der Waals surface area contributed by atoms with Crippen molar-refractivity contribution in [3.05, 3.63) is 11.6 Å². The number of fused-ring (bicyclic) bond motifs is 3. The highest BCUT2D eigenvalue weighted by Gasteiger charge is 2.57. The van der Waals surface area contributed by atoms with Crippen LogP contribution in [0.2, 0.25) is 0 Å². The molecule has 6 atom stereocenters. The lowest BCUT2D eigenvalue weighted by molar-refractivity contribution is -0.128. The van der Waals surface area contributed by atoms with Crippen molar-refractivity contribution in [3.8, 4) is 0 Å². The summed E-state index contributed by atoms with van der Waals surface area (Å²) in [5, 5.41) is 10.6. The minimum atomic E-state index is -0.523. The molecule has 0 radical (unpaired) electrons. The summed E-state index contributed by atoms with van der Waals surface area (Å²) >= 11 is 0. The molecule has 1 aliphatic heterocycles. The van der Waals surface area contributed by atoms with Crippen LogP contribution in [0.1, 0.15) is 66.2 Å². The lowest BCUT2D eigenvalue weighted by Crippen LogP contribution is -2.55. The van der Waals surface area contributed by atoms with E-state index in [0.717, 1.165) is 38.5 Å². The van der Waals surface area contributed by atoms with Crippen LogP contribution in [-0.4, -0.2) is 30.1 Å². The van der Waals surface area contributed by atoms with Crippen LogP contribution in [0.15, 0.2) is 11.6 Å². The largest absolute Gasteiger partial charge is 0.508 e. The molecule has 0 bridgehead atoms. The zero-order valence-electron chi connectivity index (χ0n) is 16.0. The van der Waals surface area contributed by atoms with Gasteiger partial charge in [0.05, 0.1) is 6.10 Å². The second kappa shape index (κ2) is 5.48. The molecule has 3 fully saturated rings. The third-order valence-corrected chi connectivity index (χ3v) is 8.29. The highest BCUT2D eigenvalue weighted by Crippen LogP contribution is 2.64. The lowest BCUT2D eigenvalue weighted by Gasteiger charge is -2.61. The van der Waals surface area contributed by atoms with Gasteiger partial charge in [-0.2, -0.15) is 0 Å². The number of carbonyl (C=O) groups excluding carboxylic acids is 1. The van der Waals surface area contributed by atoms with Crippen molar-refractivity contribution < 1.29 is 19.4 Å². The van der Waals surface area contributed by atoms with Gasteiger partial charge in [-0.1, -0.05) is 39.3 Å². The first-order valence-electron chi connectivity index (χ1n) is 9.90. The molecule has 4 heteroatoms. The van der Waals surface area contributed by atoms with E-state index < -0.39 is 6.16 Å². The minimum Gasteiger partial charge on any atom is -0.430 e. The Morgan fingerprint density at radius 2 is 1.88 bits per heavy atom. The molecule has 6 unspecified atom stereocenters. The summed E-state index contributed by atoms with van der Waals surface area (Å²) in [7, 11) is 0. The number of hydrogen-bond donors (Lipinski definition) is 1. The van der Waals surface area contributed by atoms with Crippen LogP contribution in [0, 0.1) is 28.1 Å². The molecule has 0 aromatic rings. The van der Waals surface area contributed by atoms with Crippen molar-refractivity contribution in [2.45, 2.75) is 78.4 Å². The Labute approximate surface area is 151 Å². The van der Waals surface area contributed by atoms with Crippen LogP contribution in [0.3, 0.4) is 0 Å². The van der Waals surface area contributed by atoms with E-state index >= 15 is 0 Å². The van der Waals surface area contributed by atoms with Gasteiger partial charge in [0, 0.05) is 5.41 Å². The molecule has 4 rings (SSSR count). The summed E-state index contributed by atoms with van der Waals surface area (Å²) in [6.45, 7) is 9.58. The first-order chi connectivity index (χ1) is 11.7. The van der Waals surface area contributed by atoms with Gasteiger partial charge in [-0.05, 0) is 61.2 Å². The fourth-order valence-electron chi connectivity index (χ4n) is 6.65. The average molecular weight is 348 g/mol. The number of cyclic esters (lactones) is 2. The van der Waals surface area contributed by atoms with Crippen molar-refractivity contribution in [1.29, 1.82) is 0 Å². The third-order valence-electron chi connectivity index (χ3n) is 8.29. The Balaban J connectivity index is 1.63. The molecule has 4 nitrogen and oxygen atoms in total. The first kappa shape index (κ1) is 17.4. The van der Waals surface area contributed by atoms with Crippen LogP contribution in [0.5, 0.6) is 0 Å². The van der Waals surface area contributed by atoms with Crippen LogP contribution in [0.25, 0.3) is 0 Å². The second-order valence-electron chi connectivity index (χ2n) is 9.96. The zero-order chi connectivity index (χ0) is 18.0. The molecule has 0 aromatic carbocycles. The van der Waals surface area contributed by atoms with E-state index in [1.807, 2.05) is 0 Å². The minimum absolute atomic E-state index is 0.00585. The maximum atomic E-state index is 11.4. The number of carbonyl (C=O) groups is 1. The van der Waals surface area contributed by atoms with Crippen molar-refractivity contribution in [3.63, 3.8) is 0 Å². The monoisotopic (exact) mass is 348 g/mol. The van der Waals surface area contributed by atoms with E-state index in [4.69, 9.17) is 9.47 Å². The van der Waals surface area contributed by atoms with Crippen LogP contribution >= 0.6 is 0 Å². The number of rotatable bonds is 1. The van der Waals surface area contributed by atoms with Gasteiger partial charge in [-0.25, -0.2) is 4.79 Å². The van der Waals surface area contributed by atoms with Crippen LogP contribution in [-0.2, 0) is 9.47 Å². The van der Waals surface area contributed by atoms with E-state index in [1.165, 1.54) is 0 Å². The normalized spacial score (nSPS) is 48.7. The van der Waals surface area contributed by atoms with E-state index in [2.05, 4.69) is 33.8 Å². The number of aliphatic hydroxyl groups excluding tert-OH is 1. The molecule has 1 saturated heterocycles. The Hall–Kier alpha value is -1.03. The number of hydrogen-bond acceptors (Lipinski definition) is 4. The summed E-state index contributed by atoms with van der Waals surface area (Å²) in [5.74, 6) is 1.17. The average Bonchev–Trinajstić information content (AvgIpc) is 2.98. The molecule has 25 heavy (non-hydrogen) atoms. The molecule has 4 aliphatic rings. The number of allylic oxidation sites excluding steroid dienone is 1. The van der Waals surface area contributed by atoms with Crippen LogP contribution in [0.4, 0.5) is 4.79 Å². The van der Waals surface area contributed by atoms with Crippen molar-refractivity contribution in [2.75, 3.05) is 6.61 Å². The molecular formula is C21H32O4. The van der Waals surface area contributed by atoms with Crippen LogP contribution < -0.4 is 0 Å². The molecule has 140 valence electrons. The van der Waals surface area contributed by atoms with Gasteiger partial charge >= 0.3 is 6.16 Å². The fourth-order valence-corrected chi connectivity index (χ4v) is 6.65. The lowest BCUT2D eigenvalue weighted by atomic mass is 9.45. The molecule has 2 saturated carbocycles. The summed E-state index contributed by atoms with van der Waals surface area (Å²) in [4.78, 5) is 11.4. The number of aliphatic hydroxyl groups is 1. The van der Waals surface area contributed by atoms with Gasteiger partial charge in [0.25, 0.3) is 0 Å². The standard InChI is InChI=1S/C21H32O4/c1-19(2)15-6-5-13-11-20(3,17-12-24-18(23)25-17)9-7-14(13)21(15,4)10-8-16(19)22/h11,14-17,22H,5-10,12H2,1-4H3. The van der Waals surface area contributed by atoms with Crippen molar-refractivity contribution in [2.24, 2.45) is 28.1 Å². The molecule has 1 N–H and O–H groups in total. The first-order valence-corrected chi connectivity index (χ1v) is 9.90. The second-order valence-corrected chi connectivity index (χ2v) is 9.96. The Morgan fingerprint density at radius 3 is 2.56 bits per heavy atom. The predicted octanol–water partition coefficient (Wildman–Crippen LogP) is 4.46. The maximum Gasteiger partial charge on any atom is 0.508 e. The van der Waals surface area contributed by atoms with Gasteiger partial charge in [0.1, 0.15) is 12.7 Å². The summed E-state index contributed by atoms with van der Waals surface area (Å²) < 4.78 is 10.5. The Bertz CT molecular complexity index is 609. The van der Waals surface area contributed by atoms with E-state index in [-0.39, 0.29) is 28.5 Å². The molecule has 0 amide bonds. The fraction of sp³-hybridized carbons (Fsp3) is 0.857.